The molecular weight excluding hydrogens is 352 g/mol. The molecule has 0 amide bonds. The maximum absolute atomic E-state index is 11.5. The highest BCUT2D eigenvalue weighted by molar-refractivity contribution is 5.72. The van der Waals surface area contributed by atoms with Crippen LogP contribution in [0.3, 0.4) is 0 Å². The van der Waals surface area contributed by atoms with E-state index in [1.807, 2.05) is 6.92 Å². The molecule has 166 valence electrons. The summed E-state index contributed by atoms with van der Waals surface area (Å²) < 4.78 is 9.46. The number of methoxy groups -OCH3 is 2. The Bertz CT molecular complexity index is 381. The van der Waals surface area contributed by atoms with Crippen LogP contribution in [-0.2, 0) is 19.1 Å². The fourth-order valence-corrected chi connectivity index (χ4v) is 3.63. The van der Waals surface area contributed by atoms with Crippen molar-refractivity contribution in [3.05, 3.63) is 0 Å². The highest BCUT2D eigenvalue weighted by Gasteiger charge is 2.19. The number of hydrogen-bond donors (Lipinski definition) is 0. The Kier molecular flexibility index (Phi) is 18.5. The summed E-state index contributed by atoms with van der Waals surface area (Å²) in [7, 11) is 2.93. The van der Waals surface area contributed by atoms with E-state index in [-0.39, 0.29) is 17.9 Å². The summed E-state index contributed by atoms with van der Waals surface area (Å²) in [5.41, 5.74) is 0. The molecule has 2 unspecified atom stereocenters. The van der Waals surface area contributed by atoms with E-state index in [9.17, 15) is 9.59 Å². The SMILES string of the molecule is COC(=O)CCCCCCCCCCCCCCCCC(C)C(C)C(=O)OC. The van der Waals surface area contributed by atoms with Crippen molar-refractivity contribution in [1.82, 2.24) is 0 Å². The van der Waals surface area contributed by atoms with Gasteiger partial charge in [0.15, 0.2) is 0 Å². The molecule has 0 aliphatic carbocycles. The monoisotopic (exact) mass is 398 g/mol. The van der Waals surface area contributed by atoms with E-state index in [4.69, 9.17) is 4.74 Å². The van der Waals surface area contributed by atoms with E-state index in [0.717, 1.165) is 19.3 Å². The van der Waals surface area contributed by atoms with Crippen molar-refractivity contribution < 1.29 is 19.1 Å². The molecule has 0 saturated carbocycles. The van der Waals surface area contributed by atoms with Crippen molar-refractivity contribution >= 4 is 11.9 Å². The fourth-order valence-electron chi connectivity index (χ4n) is 3.63. The molecule has 0 N–H and O–H groups in total. The number of carbonyl (C=O) groups excluding carboxylic acids is 2. The predicted octanol–water partition coefficient (Wildman–Crippen LogP) is 6.85. The minimum atomic E-state index is -0.0808. The van der Waals surface area contributed by atoms with E-state index >= 15 is 0 Å². The molecule has 0 spiro atoms. The van der Waals surface area contributed by atoms with Crippen molar-refractivity contribution in [3.8, 4) is 0 Å². The minimum absolute atomic E-state index is 0.0184. The molecule has 4 nitrogen and oxygen atoms in total. The lowest BCUT2D eigenvalue weighted by atomic mass is 9.90. The largest absolute Gasteiger partial charge is 0.469 e. The summed E-state index contributed by atoms with van der Waals surface area (Å²) in [6.07, 6.45) is 19.7. The zero-order valence-electron chi connectivity index (χ0n) is 19.1. The number of carbonyl (C=O) groups is 2. The maximum Gasteiger partial charge on any atom is 0.308 e. The van der Waals surface area contributed by atoms with Crippen molar-refractivity contribution in [2.24, 2.45) is 11.8 Å². The van der Waals surface area contributed by atoms with Crippen molar-refractivity contribution in [2.45, 2.75) is 117 Å². The summed E-state index contributed by atoms with van der Waals surface area (Å²) in [5, 5.41) is 0. The lowest BCUT2D eigenvalue weighted by Gasteiger charge is -2.17. The zero-order valence-corrected chi connectivity index (χ0v) is 19.1. The smallest absolute Gasteiger partial charge is 0.308 e. The number of ether oxygens (including phenoxy) is 2. The Balaban J connectivity index is 3.24. The van der Waals surface area contributed by atoms with Gasteiger partial charge in [0, 0.05) is 6.42 Å². The van der Waals surface area contributed by atoms with Gasteiger partial charge in [-0.25, -0.2) is 0 Å². The van der Waals surface area contributed by atoms with Gasteiger partial charge in [-0.15, -0.1) is 0 Å². The highest BCUT2D eigenvalue weighted by atomic mass is 16.5. The molecule has 0 saturated heterocycles. The molecule has 0 aromatic carbocycles. The summed E-state index contributed by atoms with van der Waals surface area (Å²) in [6.45, 7) is 4.13. The van der Waals surface area contributed by atoms with Gasteiger partial charge in [0.2, 0.25) is 0 Å². The maximum atomic E-state index is 11.5. The van der Waals surface area contributed by atoms with Crippen LogP contribution in [0.25, 0.3) is 0 Å². The first kappa shape index (κ1) is 26.9. The van der Waals surface area contributed by atoms with Crippen LogP contribution in [0.2, 0.25) is 0 Å². The molecule has 2 atom stereocenters. The van der Waals surface area contributed by atoms with E-state index in [2.05, 4.69) is 11.7 Å². The van der Waals surface area contributed by atoms with E-state index in [0.29, 0.717) is 12.3 Å². The number of esters is 2. The molecule has 0 heterocycles. The van der Waals surface area contributed by atoms with Crippen LogP contribution >= 0.6 is 0 Å². The third-order valence-electron chi connectivity index (χ3n) is 5.94. The van der Waals surface area contributed by atoms with Crippen molar-refractivity contribution in [2.75, 3.05) is 14.2 Å². The van der Waals surface area contributed by atoms with E-state index in [1.54, 1.807) is 0 Å². The first-order valence-corrected chi connectivity index (χ1v) is 11.7. The van der Waals surface area contributed by atoms with Gasteiger partial charge in [0.1, 0.15) is 0 Å². The third-order valence-corrected chi connectivity index (χ3v) is 5.94. The van der Waals surface area contributed by atoms with E-state index < -0.39 is 0 Å². The summed E-state index contributed by atoms with van der Waals surface area (Å²) in [4.78, 5) is 22.5. The Morgan fingerprint density at radius 1 is 0.607 bits per heavy atom. The molecule has 0 fully saturated rings. The van der Waals surface area contributed by atoms with Crippen LogP contribution < -0.4 is 0 Å². The van der Waals surface area contributed by atoms with Crippen LogP contribution in [-0.4, -0.2) is 26.2 Å². The van der Waals surface area contributed by atoms with Gasteiger partial charge >= 0.3 is 11.9 Å². The second-order valence-electron chi connectivity index (χ2n) is 8.35. The molecule has 4 heteroatoms. The minimum Gasteiger partial charge on any atom is -0.469 e. The summed E-state index contributed by atoms with van der Waals surface area (Å²) >= 11 is 0. The Morgan fingerprint density at radius 3 is 1.39 bits per heavy atom. The average molecular weight is 399 g/mol. The highest BCUT2D eigenvalue weighted by Crippen LogP contribution is 2.20. The zero-order chi connectivity index (χ0) is 21.0. The molecule has 0 bridgehead atoms. The molecule has 0 rings (SSSR count). The normalized spacial score (nSPS) is 13.1. The van der Waals surface area contributed by atoms with E-state index in [1.165, 1.54) is 91.3 Å². The fraction of sp³-hybridized carbons (Fsp3) is 0.917. The first-order valence-electron chi connectivity index (χ1n) is 11.7. The molecule has 0 aromatic heterocycles. The Morgan fingerprint density at radius 2 is 1.00 bits per heavy atom. The molecule has 28 heavy (non-hydrogen) atoms. The van der Waals surface area contributed by atoms with Gasteiger partial charge in [0.05, 0.1) is 20.1 Å². The van der Waals surface area contributed by atoms with Gasteiger partial charge < -0.3 is 9.47 Å². The van der Waals surface area contributed by atoms with Crippen LogP contribution in [0, 0.1) is 11.8 Å². The molecule has 0 aliphatic rings. The molecule has 0 aliphatic heterocycles. The lowest BCUT2D eigenvalue weighted by molar-refractivity contribution is -0.146. The third kappa shape index (κ3) is 15.9. The van der Waals surface area contributed by atoms with Gasteiger partial charge in [-0.3, -0.25) is 9.59 Å². The number of unbranched alkanes of at least 4 members (excludes halogenated alkanes) is 13. The van der Waals surface area contributed by atoms with Crippen LogP contribution in [0.15, 0.2) is 0 Å². The standard InChI is InChI=1S/C24H46O4/c1-21(22(2)24(26)28-4)19-17-15-13-11-9-7-5-6-8-10-12-14-16-18-20-23(25)27-3/h21-22H,5-20H2,1-4H3. The van der Waals surface area contributed by atoms with Crippen molar-refractivity contribution in [1.29, 1.82) is 0 Å². The summed E-state index contributed by atoms with van der Waals surface area (Å²) in [5.74, 6) is 0.277. The molecule has 0 radical (unpaired) electrons. The quantitative estimate of drug-likeness (QED) is 0.176. The van der Waals surface area contributed by atoms with Gasteiger partial charge in [-0.1, -0.05) is 97.3 Å². The number of rotatable bonds is 19. The van der Waals surface area contributed by atoms with Crippen molar-refractivity contribution in [3.63, 3.8) is 0 Å². The lowest BCUT2D eigenvalue weighted by Crippen LogP contribution is -2.20. The Labute approximate surface area is 174 Å². The second kappa shape index (κ2) is 19.3. The average Bonchev–Trinajstić information content (AvgIpc) is 2.71. The van der Waals surface area contributed by atoms with Crippen LogP contribution in [0.1, 0.15) is 117 Å². The van der Waals surface area contributed by atoms with Gasteiger partial charge in [-0.2, -0.15) is 0 Å². The van der Waals surface area contributed by atoms with Gasteiger partial charge in [0.25, 0.3) is 0 Å². The first-order chi connectivity index (χ1) is 13.5. The summed E-state index contributed by atoms with van der Waals surface area (Å²) in [6, 6.07) is 0. The number of hydrogen-bond acceptors (Lipinski definition) is 4. The Hall–Kier alpha value is -1.06. The molecule has 0 aromatic rings. The van der Waals surface area contributed by atoms with Gasteiger partial charge in [-0.05, 0) is 18.8 Å². The van der Waals surface area contributed by atoms with Crippen LogP contribution in [0.4, 0.5) is 0 Å². The van der Waals surface area contributed by atoms with Crippen LogP contribution in [0.5, 0.6) is 0 Å². The molecular formula is C24H46O4. The predicted molar refractivity (Wildman–Crippen MR) is 116 cm³/mol. The second-order valence-corrected chi connectivity index (χ2v) is 8.35. The topological polar surface area (TPSA) is 52.6 Å².